The molecule has 0 saturated carbocycles. The Hall–Kier alpha value is -3.78. The molecule has 0 spiro atoms. The Morgan fingerprint density at radius 1 is 1.03 bits per heavy atom. The average Bonchev–Trinajstić information content (AvgIpc) is 3.28. The molecule has 0 bridgehead atoms. The van der Waals surface area contributed by atoms with Gasteiger partial charge in [0.05, 0.1) is 24.8 Å². The fourth-order valence-electron chi connectivity index (χ4n) is 3.33. The van der Waals surface area contributed by atoms with Gasteiger partial charge in [0, 0.05) is 6.54 Å². The monoisotopic (exact) mass is 436 g/mol. The highest BCUT2D eigenvalue weighted by molar-refractivity contribution is 5.78. The highest BCUT2D eigenvalue weighted by atomic mass is 16.5. The van der Waals surface area contributed by atoms with Crippen LogP contribution in [0.1, 0.15) is 29.8 Å². The first-order valence-electron chi connectivity index (χ1n) is 10.3. The highest BCUT2D eigenvalue weighted by Crippen LogP contribution is 2.26. The zero-order valence-corrected chi connectivity index (χ0v) is 18.2. The van der Waals surface area contributed by atoms with Crippen molar-refractivity contribution >= 4 is 11.9 Å². The van der Waals surface area contributed by atoms with Crippen molar-refractivity contribution in [2.75, 3.05) is 20.6 Å². The molecular formula is C24H28N4O4. The van der Waals surface area contributed by atoms with Gasteiger partial charge in [-0.15, -0.1) is 0 Å². The van der Waals surface area contributed by atoms with Crippen molar-refractivity contribution in [3.63, 3.8) is 0 Å². The Bertz CT molecular complexity index is 1010. The van der Waals surface area contributed by atoms with Gasteiger partial charge in [0.25, 0.3) is 0 Å². The van der Waals surface area contributed by atoms with Crippen LogP contribution >= 0.6 is 0 Å². The molecule has 0 aliphatic heterocycles. The van der Waals surface area contributed by atoms with Crippen molar-refractivity contribution in [2.24, 2.45) is 5.73 Å². The Balaban J connectivity index is 1.67. The molecule has 0 saturated heterocycles. The molecule has 2 atom stereocenters. The van der Waals surface area contributed by atoms with Crippen LogP contribution in [-0.2, 0) is 4.79 Å². The van der Waals surface area contributed by atoms with Gasteiger partial charge >= 0.3 is 6.03 Å². The molecule has 2 unspecified atom stereocenters. The van der Waals surface area contributed by atoms with Crippen molar-refractivity contribution in [3.05, 3.63) is 84.3 Å². The van der Waals surface area contributed by atoms with Crippen LogP contribution in [0.25, 0.3) is 0 Å². The van der Waals surface area contributed by atoms with Gasteiger partial charge in [-0.2, -0.15) is 0 Å². The molecule has 0 aliphatic carbocycles. The summed E-state index contributed by atoms with van der Waals surface area (Å²) in [5.41, 5.74) is 6.07. The molecule has 3 rings (SSSR count). The molecule has 3 amide bonds. The summed E-state index contributed by atoms with van der Waals surface area (Å²) in [6.45, 7) is 0.361. The average molecular weight is 437 g/mol. The quantitative estimate of drug-likeness (QED) is 0.450. The molecule has 8 nitrogen and oxygen atoms in total. The topological polar surface area (TPSA) is 110 Å². The van der Waals surface area contributed by atoms with Crippen molar-refractivity contribution in [1.82, 2.24) is 15.5 Å². The van der Waals surface area contributed by atoms with Crippen LogP contribution < -0.4 is 21.1 Å². The molecule has 168 valence electrons. The van der Waals surface area contributed by atoms with E-state index in [9.17, 15) is 9.59 Å². The minimum atomic E-state index is -0.709. The van der Waals surface area contributed by atoms with E-state index in [1.54, 1.807) is 18.4 Å². The number of benzene rings is 2. The van der Waals surface area contributed by atoms with Gasteiger partial charge in [-0.05, 0) is 56.1 Å². The maximum atomic E-state index is 12.7. The molecule has 2 aromatic carbocycles. The lowest BCUT2D eigenvalue weighted by atomic mass is 10.0. The maximum absolute atomic E-state index is 12.7. The summed E-state index contributed by atoms with van der Waals surface area (Å²) in [6, 6.07) is 18.8. The number of likely N-dealkylation sites (N-methyl/N-ethyl adjacent to an activating group) is 1. The minimum absolute atomic E-state index is 0.0238. The second-order valence-electron chi connectivity index (χ2n) is 7.55. The van der Waals surface area contributed by atoms with Crippen molar-refractivity contribution < 1.29 is 18.7 Å². The number of amides is 3. The third kappa shape index (κ3) is 6.61. The number of carbonyl (C=O) groups excluding carboxylic acids is 2. The largest absolute Gasteiger partial charge is 0.468 e. The lowest BCUT2D eigenvalue weighted by Gasteiger charge is -2.23. The Morgan fingerprint density at radius 3 is 2.44 bits per heavy atom. The van der Waals surface area contributed by atoms with Crippen LogP contribution in [0.15, 0.2) is 77.4 Å². The number of nitrogens with two attached hydrogens (primary N) is 1. The van der Waals surface area contributed by atoms with Gasteiger partial charge in [-0.3, -0.25) is 9.69 Å². The number of hydrogen-bond acceptors (Lipinski definition) is 5. The third-order valence-corrected chi connectivity index (χ3v) is 4.93. The summed E-state index contributed by atoms with van der Waals surface area (Å²) in [6.07, 6.45) is 1.63. The summed E-state index contributed by atoms with van der Waals surface area (Å²) in [7, 11) is 3.82. The van der Waals surface area contributed by atoms with Crippen LogP contribution in [-0.4, -0.2) is 37.5 Å². The van der Waals surface area contributed by atoms with Gasteiger partial charge in [-0.25, -0.2) is 4.79 Å². The fraction of sp³-hybridized carbons (Fsp3) is 0.250. The number of furan rings is 1. The Labute approximate surface area is 187 Å². The molecule has 32 heavy (non-hydrogen) atoms. The normalized spacial score (nSPS) is 12.7. The lowest BCUT2D eigenvalue weighted by molar-refractivity contribution is -0.121. The number of primary amides is 1. The van der Waals surface area contributed by atoms with Crippen LogP contribution in [0.4, 0.5) is 4.79 Å². The molecule has 0 radical (unpaired) electrons. The number of urea groups is 1. The maximum Gasteiger partial charge on any atom is 0.312 e. The first kappa shape index (κ1) is 22.9. The SMILES string of the molecule is CN(C)C(CNC(=O)CC(NC(N)=O)c1cccc(Oc2ccccc2)c1)c1ccco1. The van der Waals surface area contributed by atoms with Gasteiger partial charge in [-0.1, -0.05) is 30.3 Å². The summed E-state index contributed by atoms with van der Waals surface area (Å²) in [4.78, 5) is 26.2. The second kappa shape index (κ2) is 11.0. The predicted octanol–water partition coefficient (Wildman–Crippen LogP) is 3.59. The summed E-state index contributed by atoms with van der Waals surface area (Å²) < 4.78 is 11.3. The lowest BCUT2D eigenvalue weighted by Crippen LogP contribution is -2.39. The van der Waals surface area contributed by atoms with E-state index in [4.69, 9.17) is 14.9 Å². The number of rotatable bonds is 10. The molecule has 0 fully saturated rings. The van der Waals surface area contributed by atoms with Crippen molar-refractivity contribution in [1.29, 1.82) is 0 Å². The fourth-order valence-corrected chi connectivity index (χ4v) is 3.33. The summed E-state index contributed by atoms with van der Waals surface area (Å²) in [5, 5.41) is 5.57. The van der Waals surface area contributed by atoms with E-state index in [2.05, 4.69) is 10.6 Å². The van der Waals surface area contributed by atoms with E-state index in [0.29, 0.717) is 23.6 Å². The summed E-state index contributed by atoms with van der Waals surface area (Å²) >= 11 is 0. The van der Waals surface area contributed by atoms with Crippen molar-refractivity contribution in [2.45, 2.75) is 18.5 Å². The second-order valence-corrected chi connectivity index (χ2v) is 7.55. The zero-order valence-electron chi connectivity index (χ0n) is 18.2. The van der Waals surface area contributed by atoms with E-state index in [-0.39, 0.29) is 18.4 Å². The molecule has 8 heteroatoms. The molecule has 1 aromatic heterocycles. The number of para-hydroxylation sites is 1. The number of nitrogens with one attached hydrogen (secondary N) is 2. The van der Waals surface area contributed by atoms with E-state index in [0.717, 1.165) is 5.76 Å². The van der Waals surface area contributed by atoms with Gasteiger partial charge in [0.2, 0.25) is 5.91 Å². The third-order valence-electron chi connectivity index (χ3n) is 4.93. The molecule has 4 N–H and O–H groups in total. The Kier molecular flexibility index (Phi) is 7.88. The van der Waals surface area contributed by atoms with E-state index in [1.165, 1.54) is 0 Å². The minimum Gasteiger partial charge on any atom is -0.468 e. The van der Waals surface area contributed by atoms with Crippen LogP contribution in [0.5, 0.6) is 11.5 Å². The number of carbonyl (C=O) groups is 2. The molecular weight excluding hydrogens is 408 g/mol. The van der Waals surface area contributed by atoms with Crippen LogP contribution in [0.2, 0.25) is 0 Å². The Morgan fingerprint density at radius 2 is 1.78 bits per heavy atom. The first-order valence-corrected chi connectivity index (χ1v) is 10.3. The molecule has 3 aromatic rings. The highest BCUT2D eigenvalue weighted by Gasteiger charge is 2.21. The molecule has 1 heterocycles. The number of ether oxygens (including phenoxy) is 1. The van der Waals surface area contributed by atoms with Gasteiger partial charge in [0.15, 0.2) is 0 Å². The number of hydrogen-bond donors (Lipinski definition) is 3. The van der Waals surface area contributed by atoms with Gasteiger partial charge < -0.3 is 25.5 Å². The summed E-state index contributed by atoms with van der Waals surface area (Å²) in [5.74, 6) is 1.81. The van der Waals surface area contributed by atoms with Gasteiger partial charge in [0.1, 0.15) is 17.3 Å². The van der Waals surface area contributed by atoms with Crippen LogP contribution in [0.3, 0.4) is 0 Å². The van der Waals surface area contributed by atoms with E-state index < -0.39 is 12.1 Å². The zero-order chi connectivity index (χ0) is 22.9. The number of nitrogens with zero attached hydrogens (tertiary/aromatic N) is 1. The van der Waals surface area contributed by atoms with E-state index in [1.807, 2.05) is 73.6 Å². The van der Waals surface area contributed by atoms with Crippen LogP contribution in [0, 0.1) is 0 Å². The first-order chi connectivity index (χ1) is 15.4. The van der Waals surface area contributed by atoms with E-state index >= 15 is 0 Å². The molecule has 0 aliphatic rings. The van der Waals surface area contributed by atoms with Crippen molar-refractivity contribution in [3.8, 4) is 11.5 Å². The predicted molar refractivity (Wildman–Crippen MR) is 121 cm³/mol. The standard InChI is InChI=1S/C24H28N4O4/c1-28(2)21(22-12-7-13-31-22)16-26-23(29)15-20(27-24(25)30)17-8-6-11-19(14-17)32-18-9-4-3-5-10-18/h3-14,20-21H,15-16H2,1-2H3,(H,26,29)(H3,25,27,30). The smallest absolute Gasteiger partial charge is 0.312 e.